The van der Waals surface area contributed by atoms with E-state index in [4.69, 9.17) is 9.47 Å². The van der Waals surface area contributed by atoms with Gasteiger partial charge < -0.3 is 14.4 Å². The van der Waals surface area contributed by atoms with Gasteiger partial charge in [0.2, 0.25) is 5.91 Å². The molecular weight excluding hydrogens is 358 g/mol. The van der Waals surface area contributed by atoms with Crippen LogP contribution < -0.4 is 0 Å². The molecule has 1 amide bonds. The fourth-order valence-electron chi connectivity index (χ4n) is 4.06. The van der Waals surface area contributed by atoms with Crippen molar-refractivity contribution in [1.29, 1.82) is 0 Å². The van der Waals surface area contributed by atoms with Gasteiger partial charge in [-0.3, -0.25) is 14.4 Å². The number of carbonyl (C=O) groups excluding carboxylic acids is 3. The molecule has 0 aromatic rings. The van der Waals surface area contributed by atoms with Crippen LogP contribution in [-0.4, -0.2) is 47.5 Å². The zero-order chi connectivity index (χ0) is 20.9. The second-order valence-electron chi connectivity index (χ2n) is 7.91. The topological polar surface area (TPSA) is 72.9 Å². The van der Waals surface area contributed by atoms with Gasteiger partial charge in [-0.15, -0.1) is 0 Å². The molecule has 1 aliphatic rings. The molecule has 6 heteroatoms. The number of rotatable bonds is 14. The number of likely N-dealkylation sites (tertiary alicyclic amines) is 1. The molecule has 1 saturated heterocycles. The first-order chi connectivity index (χ1) is 13.4. The van der Waals surface area contributed by atoms with Crippen molar-refractivity contribution in [2.75, 3.05) is 6.61 Å². The summed E-state index contributed by atoms with van der Waals surface area (Å²) >= 11 is 0. The Morgan fingerprint density at radius 2 is 1.29 bits per heavy atom. The molecule has 0 aliphatic carbocycles. The van der Waals surface area contributed by atoms with Crippen molar-refractivity contribution in [3.05, 3.63) is 0 Å². The van der Waals surface area contributed by atoms with Gasteiger partial charge in [-0.05, 0) is 6.42 Å². The number of carbonyl (C=O) groups is 3. The summed E-state index contributed by atoms with van der Waals surface area (Å²) in [5.74, 6) is -0.838. The largest absolute Gasteiger partial charge is 0.464 e. The van der Waals surface area contributed by atoms with Gasteiger partial charge in [-0.1, -0.05) is 71.1 Å². The van der Waals surface area contributed by atoms with Crippen LogP contribution in [0, 0.1) is 0 Å². The van der Waals surface area contributed by atoms with Crippen molar-refractivity contribution in [3.63, 3.8) is 0 Å². The molecule has 1 aliphatic heterocycles. The van der Waals surface area contributed by atoms with Crippen LogP contribution in [0.1, 0.15) is 98.3 Å². The normalized spacial score (nSPS) is 21.1. The maximum Gasteiger partial charge on any atom is 0.303 e. The molecule has 6 nitrogen and oxygen atoms in total. The molecule has 0 aromatic heterocycles. The summed E-state index contributed by atoms with van der Waals surface area (Å²) in [6, 6.07) is -0.491. The Bertz CT molecular complexity index is 493. The molecule has 162 valence electrons. The van der Waals surface area contributed by atoms with E-state index >= 15 is 0 Å². The van der Waals surface area contributed by atoms with Crippen LogP contribution in [0.15, 0.2) is 0 Å². The van der Waals surface area contributed by atoms with Crippen molar-refractivity contribution in [2.24, 2.45) is 0 Å². The number of esters is 2. The van der Waals surface area contributed by atoms with E-state index in [9.17, 15) is 14.4 Å². The maximum atomic E-state index is 12.0. The molecule has 0 aromatic carbocycles. The van der Waals surface area contributed by atoms with E-state index in [0.29, 0.717) is 0 Å². The molecule has 0 spiro atoms. The minimum absolute atomic E-state index is 0.0708. The van der Waals surface area contributed by atoms with Crippen molar-refractivity contribution in [1.82, 2.24) is 4.90 Å². The van der Waals surface area contributed by atoms with E-state index in [1.807, 2.05) is 0 Å². The highest BCUT2D eigenvalue weighted by Gasteiger charge is 2.52. The van der Waals surface area contributed by atoms with Gasteiger partial charge in [0.25, 0.3) is 0 Å². The van der Waals surface area contributed by atoms with Crippen molar-refractivity contribution in [2.45, 2.75) is 117 Å². The molecule has 0 N–H and O–H groups in total. The number of unbranched alkanes of at least 4 members (excludes halogenated alkanes) is 9. The third kappa shape index (κ3) is 8.61. The second kappa shape index (κ2) is 13.6. The van der Waals surface area contributed by atoms with Crippen molar-refractivity contribution < 1.29 is 23.9 Å². The van der Waals surface area contributed by atoms with Gasteiger partial charge in [0.05, 0.1) is 6.04 Å². The van der Waals surface area contributed by atoms with Crippen LogP contribution in [0.2, 0.25) is 0 Å². The Hall–Kier alpha value is -1.59. The average Bonchev–Trinajstić information content (AvgIpc) is 2.61. The zero-order valence-corrected chi connectivity index (χ0v) is 18.2. The van der Waals surface area contributed by atoms with E-state index in [0.717, 1.165) is 19.3 Å². The number of amides is 1. The number of ether oxygens (including phenoxy) is 2. The minimum Gasteiger partial charge on any atom is -0.464 e. The van der Waals surface area contributed by atoms with Gasteiger partial charge in [0.1, 0.15) is 18.8 Å². The Balaban J connectivity index is 2.36. The fraction of sp³-hybridized carbons (Fsp3) is 0.864. The highest BCUT2D eigenvalue weighted by atomic mass is 16.6. The van der Waals surface area contributed by atoms with Gasteiger partial charge in [-0.2, -0.15) is 0 Å². The molecule has 0 unspecified atom stereocenters. The van der Waals surface area contributed by atoms with Crippen LogP contribution in [0.3, 0.4) is 0 Å². The highest BCUT2D eigenvalue weighted by Crippen LogP contribution is 2.33. The molecular formula is C22H39NO5. The molecule has 28 heavy (non-hydrogen) atoms. The predicted octanol–water partition coefficient (Wildman–Crippen LogP) is 4.39. The third-order valence-electron chi connectivity index (χ3n) is 5.45. The summed E-state index contributed by atoms with van der Waals surface area (Å²) < 4.78 is 10.5. The monoisotopic (exact) mass is 397 g/mol. The van der Waals surface area contributed by atoms with Crippen LogP contribution >= 0.6 is 0 Å². The highest BCUT2D eigenvalue weighted by molar-refractivity contribution is 5.76. The van der Waals surface area contributed by atoms with Gasteiger partial charge in [0, 0.05) is 20.8 Å². The SMILES string of the molecule is CCCCCCCCCCCC[C@H]1[C@@H](OC(C)=O)[C@H](COC(C)=O)N1C(C)=O. The minimum atomic E-state index is -0.400. The first-order valence-corrected chi connectivity index (χ1v) is 11.0. The van der Waals surface area contributed by atoms with Crippen LogP contribution in [-0.2, 0) is 23.9 Å². The van der Waals surface area contributed by atoms with E-state index < -0.39 is 5.97 Å². The first kappa shape index (κ1) is 24.4. The molecule has 0 bridgehead atoms. The zero-order valence-electron chi connectivity index (χ0n) is 18.2. The smallest absolute Gasteiger partial charge is 0.303 e. The molecule has 0 radical (unpaired) electrons. The van der Waals surface area contributed by atoms with Crippen LogP contribution in [0.5, 0.6) is 0 Å². The number of hydrogen-bond donors (Lipinski definition) is 0. The van der Waals surface area contributed by atoms with E-state index in [1.54, 1.807) is 4.90 Å². The molecule has 1 fully saturated rings. The van der Waals surface area contributed by atoms with Gasteiger partial charge >= 0.3 is 11.9 Å². The lowest BCUT2D eigenvalue weighted by atomic mass is 9.85. The van der Waals surface area contributed by atoms with Crippen LogP contribution in [0.25, 0.3) is 0 Å². The summed E-state index contributed by atoms with van der Waals surface area (Å²) in [5, 5.41) is 0. The Morgan fingerprint density at radius 3 is 1.75 bits per heavy atom. The van der Waals surface area contributed by atoms with Crippen molar-refractivity contribution in [3.8, 4) is 0 Å². The Kier molecular flexibility index (Phi) is 11.8. The maximum absolute atomic E-state index is 12.0. The third-order valence-corrected chi connectivity index (χ3v) is 5.45. The number of hydrogen-bond acceptors (Lipinski definition) is 5. The predicted molar refractivity (Wildman–Crippen MR) is 109 cm³/mol. The van der Waals surface area contributed by atoms with E-state index in [-0.39, 0.29) is 36.7 Å². The van der Waals surface area contributed by atoms with E-state index in [1.165, 1.54) is 72.1 Å². The lowest BCUT2D eigenvalue weighted by molar-refractivity contribution is -0.194. The average molecular weight is 398 g/mol. The first-order valence-electron chi connectivity index (χ1n) is 11.0. The molecule has 3 atom stereocenters. The fourth-order valence-corrected chi connectivity index (χ4v) is 4.06. The van der Waals surface area contributed by atoms with Crippen LogP contribution in [0.4, 0.5) is 0 Å². The summed E-state index contributed by atoms with van der Waals surface area (Å²) in [7, 11) is 0. The summed E-state index contributed by atoms with van der Waals surface area (Å²) in [6.45, 7) is 6.52. The second-order valence-corrected chi connectivity index (χ2v) is 7.91. The summed E-state index contributed by atoms with van der Waals surface area (Å²) in [4.78, 5) is 36.3. The lowest BCUT2D eigenvalue weighted by Gasteiger charge is -2.53. The number of nitrogens with zero attached hydrogens (tertiary/aromatic N) is 1. The van der Waals surface area contributed by atoms with Gasteiger partial charge in [-0.25, -0.2) is 0 Å². The van der Waals surface area contributed by atoms with Crippen molar-refractivity contribution >= 4 is 17.8 Å². The molecule has 1 rings (SSSR count). The Morgan fingerprint density at radius 1 is 0.750 bits per heavy atom. The quantitative estimate of drug-likeness (QED) is 0.321. The standard InChI is InChI=1S/C22H39NO5/c1-5-6-7-8-9-10-11-12-13-14-15-20-22(28-19(4)26)21(16-27-18(3)25)23(20)17(2)24/h20-22H,5-16H2,1-4H3/t20-,21-,22+/m0/s1. The van der Waals surface area contributed by atoms with E-state index in [2.05, 4.69) is 6.92 Å². The summed E-state index contributed by atoms with van der Waals surface area (Å²) in [5.41, 5.74) is 0. The lowest BCUT2D eigenvalue weighted by Crippen LogP contribution is -2.71. The van der Waals surface area contributed by atoms with Gasteiger partial charge in [0.15, 0.2) is 0 Å². The molecule has 0 saturated carbocycles. The molecule has 1 heterocycles. The summed E-state index contributed by atoms with van der Waals surface area (Å²) in [6.07, 6.45) is 13.0. The Labute approximate surface area is 170 Å².